The maximum absolute atomic E-state index is 10.6. The molecule has 83 valence electrons. The molecule has 0 heterocycles. The first-order chi connectivity index (χ1) is 7.17. The molecular formula is C10H14NO3S. The van der Waals surface area contributed by atoms with Crippen LogP contribution in [0, 0.1) is 6.07 Å². The fourth-order valence-corrected chi connectivity index (χ4v) is 1.48. The highest BCUT2D eigenvalue weighted by atomic mass is 32.2. The summed E-state index contributed by atoms with van der Waals surface area (Å²) in [6.45, 7) is 2.00. The predicted molar refractivity (Wildman–Crippen MR) is 58.6 cm³/mol. The van der Waals surface area contributed by atoms with Crippen LogP contribution in [0.4, 0.5) is 5.69 Å². The van der Waals surface area contributed by atoms with Crippen molar-refractivity contribution in [3.05, 3.63) is 24.3 Å². The van der Waals surface area contributed by atoms with Crippen LogP contribution in [-0.4, -0.2) is 26.2 Å². The number of thiol groups is 1. The van der Waals surface area contributed by atoms with E-state index >= 15 is 0 Å². The quantitative estimate of drug-likeness (QED) is 0.647. The number of nitrogens with one attached hydrogen (secondary N) is 1. The van der Waals surface area contributed by atoms with Crippen LogP contribution in [0.3, 0.4) is 0 Å². The Bertz CT molecular complexity index is 361. The largest absolute Gasteiger partial charge is 0.394 e. The van der Waals surface area contributed by atoms with E-state index < -0.39 is 10.7 Å². The van der Waals surface area contributed by atoms with E-state index in [1.54, 1.807) is 6.07 Å². The minimum Gasteiger partial charge on any atom is -0.394 e. The summed E-state index contributed by atoms with van der Waals surface area (Å²) in [5.41, 5.74) is 0.691. The van der Waals surface area contributed by atoms with Crippen LogP contribution in [0.2, 0.25) is 0 Å². The molecule has 15 heavy (non-hydrogen) atoms. The van der Waals surface area contributed by atoms with Gasteiger partial charge in [0.2, 0.25) is 0 Å². The molecule has 1 aromatic carbocycles. The van der Waals surface area contributed by atoms with Gasteiger partial charge in [0.25, 0.3) is 0 Å². The number of aliphatic hydroxyl groups excluding tert-OH is 1. The molecule has 0 bridgehead atoms. The Hall–Kier alpha value is -1.07. The third kappa shape index (κ3) is 3.53. The van der Waals surface area contributed by atoms with E-state index in [1.165, 1.54) is 12.1 Å². The Labute approximate surface area is 90.9 Å². The molecule has 1 unspecified atom stereocenters. The summed E-state index contributed by atoms with van der Waals surface area (Å²) < 4.78 is 21.2. The van der Waals surface area contributed by atoms with Gasteiger partial charge < -0.3 is 10.4 Å². The van der Waals surface area contributed by atoms with Crippen molar-refractivity contribution in [1.29, 1.82) is 0 Å². The number of rotatable bonds is 5. The van der Waals surface area contributed by atoms with E-state index in [9.17, 15) is 8.42 Å². The van der Waals surface area contributed by atoms with Crippen LogP contribution < -0.4 is 5.32 Å². The number of hydrogen-bond donors (Lipinski definition) is 3. The second-order valence-electron chi connectivity index (χ2n) is 3.15. The smallest absolute Gasteiger partial charge is 0.168 e. The van der Waals surface area contributed by atoms with E-state index in [2.05, 4.69) is 11.4 Å². The number of anilines is 1. The molecule has 1 aromatic rings. The molecule has 0 aliphatic heterocycles. The van der Waals surface area contributed by atoms with Gasteiger partial charge in [0.05, 0.1) is 11.5 Å². The average molecular weight is 228 g/mol. The lowest BCUT2D eigenvalue weighted by Gasteiger charge is -2.14. The van der Waals surface area contributed by atoms with Gasteiger partial charge >= 0.3 is 0 Å². The maximum Gasteiger partial charge on any atom is 0.168 e. The van der Waals surface area contributed by atoms with Crippen molar-refractivity contribution in [2.75, 3.05) is 11.9 Å². The lowest BCUT2D eigenvalue weighted by atomic mass is 10.2. The van der Waals surface area contributed by atoms with E-state index in [1.807, 2.05) is 6.92 Å². The summed E-state index contributed by atoms with van der Waals surface area (Å²) in [5.74, 6) is 0. The van der Waals surface area contributed by atoms with Gasteiger partial charge in [0, 0.05) is 17.8 Å². The first-order valence-corrected chi connectivity index (χ1v) is 5.88. The van der Waals surface area contributed by atoms with E-state index in [0.29, 0.717) is 5.69 Å². The highest BCUT2D eigenvalue weighted by Gasteiger charge is 2.04. The molecule has 0 amide bonds. The first-order valence-electron chi connectivity index (χ1n) is 4.71. The van der Waals surface area contributed by atoms with Crippen LogP contribution in [0.15, 0.2) is 23.1 Å². The minimum absolute atomic E-state index is 0.0203. The summed E-state index contributed by atoms with van der Waals surface area (Å²) in [4.78, 5) is 0.243. The summed E-state index contributed by atoms with van der Waals surface area (Å²) in [6.07, 6.45) is 0.794. The lowest BCUT2D eigenvalue weighted by molar-refractivity contribution is 0.272. The molecule has 0 aliphatic carbocycles. The van der Waals surface area contributed by atoms with Crippen LogP contribution in [0.1, 0.15) is 13.3 Å². The molecule has 1 rings (SSSR count). The highest BCUT2D eigenvalue weighted by Crippen LogP contribution is 2.11. The van der Waals surface area contributed by atoms with Crippen molar-refractivity contribution in [3.63, 3.8) is 0 Å². The van der Waals surface area contributed by atoms with Gasteiger partial charge in [-0.05, 0) is 24.6 Å². The molecule has 0 spiro atoms. The molecule has 5 heteroatoms. The molecule has 4 nitrogen and oxygen atoms in total. The Balaban J connectivity index is 2.72. The van der Waals surface area contributed by atoms with Gasteiger partial charge in [-0.25, -0.2) is 8.42 Å². The van der Waals surface area contributed by atoms with Crippen LogP contribution in [0.5, 0.6) is 0 Å². The zero-order valence-electron chi connectivity index (χ0n) is 8.43. The van der Waals surface area contributed by atoms with Gasteiger partial charge in [-0.2, -0.15) is 0 Å². The summed E-state index contributed by atoms with van der Waals surface area (Å²) in [5, 5.41) is 12.0. The monoisotopic (exact) mass is 228 g/mol. The fourth-order valence-electron chi connectivity index (χ4n) is 1.12. The molecule has 0 saturated carbocycles. The van der Waals surface area contributed by atoms with Crippen molar-refractivity contribution in [3.8, 4) is 0 Å². The number of aliphatic hydroxyl groups is 1. The van der Waals surface area contributed by atoms with Crippen LogP contribution in [-0.2, 0) is 10.7 Å². The highest BCUT2D eigenvalue weighted by molar-refractivity contribution is 7.72. The van der Waals surface area contributed by atoms with Crippen molar-refractivity contribution in [2.45, 2.75) is 24.3 Å². The molecule has 0 fully saturated rings. The first kappa shape index (κ1) is 12.0. The second-order valence-corrected chi connectivity index (χ2v) is 4.18. The summed E-state index contributed by atoms with van der Waals surface area (Å²) in [6, 6.07) is 7.35. The van der Waals surface area contributed by atoms with Crippen molar-refractivity contribution in [2.24, 2.45) is 0 Å². The Kier molecular flexibility index (Phi) is 4.58. The van der Waals surface area contributed by atoms with Crippen LogP contribution in [0.25, 0.3) is 0 Å². The van der Waals surface area contributed by atoms with Crippen molar-refractivity contribution < 1.29 is 13.5 Å². The summed E-state index contributed by atoms with van der Waals surface area (Å²) >= 11 is 0. The van der Waals surface area contributed by atoms with Gasteiger partial charge in [0.15, 0.2) is 10.7 Å². The second kappa shape index (κ2) is 5.72. The lowest BCUT2D eigenvalue weighted by Crippen LogP contribution is -2.22. The van der Waals surface area contributed by atoms with Crippen LogP contribution >= 0.6 is 0 Å². The summed E-state index contributed by atoms with van der Waals surface area (Å²) in [7, 11) is -2.54. The molecule has 2 N–H and O–H groups in total. The molecule has 0 aliphatic rings. The van der Waals surface area contributed by atoms with Crippen molar-refractivity contribution in [1.82, 2.24) is 0 Å². The Morgan fingerprint density at radius 2 is 2.27 bits per heavy atom. The minimum atomic E-state index is -2.54. The van der Waals surface area contributed by atoms with Gasteiger partial charge in [-0.1, -0.05) is 6.92 Å². The van der Waals surface area contributed by atoms with Gasteiger partial charge in [-0.3, -0.25) is 0 Å². The zero-order valence-corrected chi connectivity index (χ0v) is 9.33. The maximum atomic E-state index is 10.6. The number of benzene rings is 1. The van der Waals surface area contributed by atoms with Gasteiger partial charge in [0.1, 0.15) is 0 Å². The standard InChI is InChI=1S/C10H14NO3S/c1-2-8(7-12)11-9-3-5-10(6-4-9)15(13)14/h3,5-6,8,11-12,15H,2,7H2,1H3. The molecule has 0 saturated heterocycles. The third-order valence-corrected chi connectivity index (χ3v) is 2.78. The van der Waals surface area contributed by atoms with Crippen molar-refractivity contribution >= 4 is 16.4 Å². The zero-order chi connectivity index (χ0) is 11.3. The average Bonchev–Trinajstić information content (AvgIpc) is 2.26. The molecular weight excluding hydrogens is 214 g/mol. The van der Waals surface area contributed by atoms with Gasteiger partial charge in [-0.15, -0.1) is 0 Å². The molecule has 1 atom stereocenters. The van der Waals surface area contributed by atoms with E-state index in [4.69, 9.17) is 5.11 Å². The Morgan fingerprint density at radius 3 is 2.67 bits per heavy atom. The predicted octanol–water partition coefficient (Wildman–Crippen LogP) is 0.640. The molecule has 0 aromatic heterocycles. The Morgan fingerprint density at radius 1 is 1.53 bits per heavy atom. The third-order valence-electron chi connectivity index (χ3n) is 2.08. The SMILES string of the molecule is CCC(CO)Nc1[c]cc([SH](=O)=O)cc1. The normalized spacial score (nSPS) is 12.7. The van der Waals surface area contributed by atoms with E-state index in [-0.39, 0.29) is 17.5 Å². The molecule has 1 radical (unpaired) electrons. The number of hydrogen-bond acceptors (Lipinski definition) is 4. The topological polar surface area (TPSA) is 66.4 Å². The van der Waals surface area contributed by atoms with E-state index in [0.717, 1.165) is 6.42 Å². The fraction of sp³-hybridized carbons (Fsp3) is 0.400.